The van der Waals surface area contributed by atoms with Crippen LogP contribution >= 0.6 is 11.3 Å². The lowest BCUT2D eigenvalue weighted by Crippen LogP contribution is -2.10. The third-order valence-electron chi connectivity index (χ3n) is 9.45. The van der Waals surface area contributed by atoms with E-state index in [0.29, 0.717) is 5.89 Å². The summed E-state index contributed by atoms with van der Waals surface area (Å²) in [5.41, 5.74) is 8.31. The molecule has 0 spiro atoms. The van der Waals surface area contributed by atoms with Gasteiger partial charge in [0.15, 0.2) is 5.58 Å². The van der Waals surface area contributed by atoms with Gasteiger partial charge < -0.3 is 9.32 Å². The highest BCUT2D eigenvalue weighted by Crippen LogP contribution is 2.46. The normalized spacial score (nSPS) is 11.7. The molecule has 0 bridgehead atoms. The lowest BCUT2D eigenvalue weighted by molar-refractivity contribution is 0.623. The van der Waals surface area contributed by atoms with Gasteiger partial charge in [-0.3, -0.25) is 0 Å². The molecular weight excluding hydrogens is 617 g/mol. The zero-order chi connectivity index (χ0) is 32.3. The molecule has 4 heteroatoms. The molecule has 0 saturated heterocycles. The van der Waals surface area contributed by atoms with Crippen LogP contribution < -0.4 is 4.90 Å². The first kappa shape index (κ1) is 27.8. The molecule has 0 aliphatic heterocycles. The highest BCUT2D eigenvalue weighted by Gasteiger charge is 2.21. The Hall–Kier alpha value is -6.23. The Labute approximate surface area is 286 Å². The predicted octanol–water partition coefficient (Wildman–Crippen LogP) is 13.3. The first-order valence-electron chi connectivity index (χ1n) is 16.5. The molecule has 0 atom stereocenters. The Morgan fingerprint density at radius 3 is 1.98 bits per heavy atom. The van der Waals surface area contributed by atoms with Crippen LogP contribution in [0.5, 0.6) is 0 Å². The molecule has 230 valence electrons. The molecule has 8 aromatic carbocycles. The van der Waals surface area contributed by atoms with E-state index in [9.17, 15) is 0 Å². The summed E-state index contributed by atoms with van der Waals surface area (Å²) >= 11 is 1.85. The van der Waals surface area contributed by atoms with Crippen molar-refractivity contribution in [3.63, 3.8) is 0 Å². The van der Waals surface area contributed by atoms with Crippen LogP contribution in [0.2, 0.25) is 0 Å². The van der Waals surface area contributed by atoms with Crippen molar-refractivity contribution in [1.82, 2.24) is 4.98 Å². The van der Waals surface area contributed by atoms with Gasteiger partial charge in [0.25, 0.3) is 0 Å². The Kier molecular flexibility index (Phi) is 6.36. The molecule has 0 aliphatic carbocycles. The summed E-state index contributed by atoms with van der Waals surface area (Å²) in [6.45, 7) is 0. The molecule has 10 aromatic rings. The molecule has 0 unspecified atom stereocenters. The Morgan fingerprint density at radius 2 is 1.14 bits per heavy atom. The lowest BCUT2D eigenvalue weighted by Gasteiger charge is -2.28. The van der Waals surface area contributed by atoms with Gasteiger partial charge in [-0.25, -0.2) is 4.98 Å². The third-order valence-corrected chi connectivity index (χ3v) is 10.6. The van der Waals surface area contributed by atoms with Crippen LogP contribution in [0.1, 0.15) is 0 Å². The summed E-state index contributed by atoms with van der Waals surface area (Å²) in [5.74, 6) is 0.632. The molecule has 49 heavy (non-hydrogen) atoms. The van der Waals surface area contributed by atoms with E-state index in [1.165, 1.54) is 31.3 Å². The van der Waals surface area contributed by atoms with E-state index >= 15 is 0 Å². The summed E-state index contributed by atoms with van der Waals surface area (Å²) in [4.78, 5) is 7.32. The maximum absolute atomic E-state index is 6.56. The monoisotopic (exact) mass is 644 g/mol. The van der Waals surface area contributed by atoms with Crippen LogP contribution in [0.15, 0.2) is 174 Å². The maximum atomic E-state index is 6.56. The van der Waals surface area contributed by atoms with Gasteiger partial charge in [-0.05, 0) is 76.5 Å². The van der Waals surface area contributed by atoms with Gasteiger partial charge >= 0.3 is 0 Å². The maximum Gasteiger partial charge on any atom is 0.227 e. The van der Waals surface area contributed by atoms with Crippen molar-refractivity contribution in [2.24, 2.45) is 0 Å². The Balaban J connectivity index is 1.24. The van der Waals surface area contributed by atoms with Crippen molar-refractivity contribution < 1.29 is 4.42 Å². The van der Waals surface area contributed by atoms with Crippen LogP contribution in [0.4, 0.5) is 17.1 Å². The number of rotatable bonds is 5. The SMILES string of the molecule is c1ccc(-c2cccc(N(c3ccc4c(c3)sc3ccccc34)c3cc4ccc5nc(-c6ccccc6)oc5c4c4ccccc34)c2)cc1. The Bertz CT molecular complexity index is 2840. The summed E-state index contributed by atoms with van der Waals surface area (Å²) in [7, 11) is 0. The molecule has 0 N–H and O–H groups in total. The summed E-state index contributed by atoms with van der Waals surface area (Å²) in [6, 6.07) is 60.4. The van der Waals surface area contributed by atoms with E-state index in [1.54, 1.807) is 0 Å². The van der Waals surface area contributed by atoms with Gasteiger partial charge in [-0.15, -0.1) is 11.3 Å². The number of anilines is 3. The minimum Gasteiger partial charge on any atom is -0.435 e. The fraction of sp³-hybridized carbons (Fsp3) is 0. The Morgan fingerprint density at radius 1 is 0.469 bits per heavy atom. The highest BCUT2D eigenvalue weighted by molar-refractivity contribution is 7.25. The lowest BCUT2D eigenvalue weighted by atomic mass is 9.97. The fourth-order valence-corrected chi connectivity index (χ4v) is 8.32. The summed E-state index contributed by atoms with van der Waals surface area (Å²) in [6.07, 6.45) is 0. The first-order chi connectivity index (χ1) is 24.3. The van der Waals surface area contributed by atoms with Gasteiger partial charge in [-0.1, -0.05) is 115 Å². The number of benzene rings is 8. The average molecular weight is 645 g/mol. The van der Waals surface area contributed by atoms with Crippen molar-refractivity contribution in [1.29, 1.82) is 0 Å². The van der Waals surface area contributed by atoms with E-state index in [2.05, 4.69) is 144 Å². The van der Waals surface area contributed by atoms with Crippen molar-refractivity contribution >= 4 is 81.2 Å². The van der Waals surface area contributed by atoms with Crippen molar-refractivity contribution in [3.05, 3.63) is 170 Å². The van der Waals surface area contributed by atoms with Crippen molar-refractivity contribution in [2.75, 3.05) is 4.90 Å². The molecular formula is C45H28N2OS. The smallest absolute Gasteiger partial charge is 0.227 e. The predicted molar refractivity (Wildman–Crippen MR) is 207 cm³/mol. The molecule has 0 aliphatic rings. The molecule has 10 rings (SSSR count). The summed E-state index contributed by atoms with van der Waals surface area (Å²) in [5, 5.41) is 7.03. The highest BCUT2D eigenvalue weighted by atomic mass is 32.1. The number of thiophene rings is 1. The molecule has 0 radical (unpaired) electrons. The first-order valence-corrected chi connectivity index (χ1v) is 17.3. The number of aromatic nitrogens is 1. The minimum absolute atomic E-state index is 0.632. The molecule has 0 amide bonds. The van der Waals surface area contributed by atoms with Crippen LogP contribution in [-0.4, -0.2) is 4.98 Å². The van der Waals surface area contributed by atoms with E-state index in [1.807, 2.05) is 41.7 Å². The van der Waals surface area contributed by atoms with E-state index in [4.69, 9.17) is 9.40 Å². The second kappa shape index (κ2) is 11.2. The standard InChI is InChI=1S/C45H28N2OS/c1-3-12-29(13-4-1)31-16-11-17-33(26-31)47(34-23-24-37-36-19-9-10-21-41(36)49-42(37)28-34)40-27-32-22-25-39-44(43(32)38-20-8-7-18-35(38)40)48-45(46-39)30-14-5-2-6-15-30/h1-28H. The molecule has 0 fully saturated rings. The number of fused-ring (bicyclic) bond motifs is 8. The largest absolute Gasteiger partial charge is 0.435 e. The van der Waals surface area contributed by atoms with E-state index in [0.717, 1.165) is 55.3 Å². The number of hydrogen-bond donors (Lipinski definition) is 0. The second-order valence-corrected chi connectivity index (χ2v) is 13.5. The van der Waals surface area contributed by atoms with Crippen LogP contribution in [0.25, 0.3) is 75.4 Å². The number of nitrogens with zero attached hydrogens (tertiary/aromatic N) is 2. The molecule has 2 aromatic heterocycles. The van der Waals surface area contributed by atoms with Crippen molar-refractivity contribution in [2.45, 2.75) is 0 Å². The van der Waals surface area contributed by atoms with E-state index in [-0.39, 0.29) is 0 Å². The number of oxazole rings is 1. The van der Waals surface area contributed by atoms with Crippen LogP contribution in [0, 0.1) is 0 Å². The van der Waals surface area contributed by atoms with Crippen LogP contribution in [-0.2, 0) is 0 Å². The molecule has 2 heterocycles. The summed E-state index contributed by atoms with van der Waals surface area (Å²) < 4.78 is 9.13. The van der Waals surface area contributed by atoms with Gasteiger partial charge in [0, 0.05) is 47.9 Å². The van der Waals surface area contributed by atoms with Gasteiger partial charge in [-0.2, -0.15) is 0 Å². The quantitative estimate of drug-likeness (QED) is 0.175. The van der Waals surface area contributed by atoms with E-state index < -0.39 is 0 Å². The second-order valence-electron chi connectivity index (χ2n) is 12.4. The average Bonchev–Trinajstić information content (AvgIpc) is 3.77. The van der Waals surface area contributed by atoms with Gasteiger partial charge in [0.1, 0.15) is 5.52 Å². The fourth-order valence-electron chi connectivity index (χ4n) is 7.18. The molecule has 3 nitrogen and oxygen atoms in total. The van der Waals surface area contributed by atoms with Crippen LogP contribution in [0.3, 0.4) is 0 Å². The zero-order valence-corrected chi connectivity index (χ0v) is 27.2. The molecule has 0 saturated carbocycles. The number of hydrogen-bond acceptors (Lipinski definition) is 4. The minimum atomic E-state index is 0.632. The third kappa shape index (κ3) is 4.61. The van der Waals surface area contributed by atoms with Crippen molar-refractivity contribution in [3.8, 4) is 22.6 Å². The van der Waals surface area contributed by atoms with Gasteiger partial charge in [0.2, 0.25) is 5.89 Å². The topological polar surface area (TPSA) is 29.3 Å². The van der Waals surface area contributed by atoms with Gasteiger partial charge in [0.05, 0.1) is 5.69 Å². The zero-order valence-electron chi connectivity index (χ0n) is 26.4.